The molecular weight excluding hydrogens is 120 g/mol. The summed E-state index contributed by atoms with van der Waals surface area (Å²) >= 11 is 0. The molecule has 9 heavy (non-hydrogen) atoms. The average Bonchev–Trinajstić information content (AvgIpc) is 2.13. The largest absolute Gasteiger partial charge is 0.481 e. The van der Waals surface area contributed by atoms with Gasteiger partial charge in [0, 0.05) is 0 Å². The van der Waals surface area contributed by atoms with E-state index in [0.717, 1.165) is 0 Å². The van der Waals surface area contributed by atoms with E-state index >= 15 is 0 Å². The van der Waals surface area contributed by atoms with E-state index in [2.05, 4.69) is 0 Å². The van der Waals surface area contributed by atoms with E-state index in [0.29, 0.717) is 13.2 Å². The van der Waals surface area contributed by atoms with E-state index in [1.807, 2.05) is 6.92 Å². The van der Waals surface area contributed by atoms with E-state index in [1.165, 1.54) is 0 Å². The molecule has 1 heterocycles. The van der Waals surface area contributed by atoms with Gasteiger partial charge in [0.25, 0.3) is 0 Å². The molecule has 0 aromatic heterocycles. The van der Waals surface area contributed by atoms with Gasteiger partial charge in [-0.3, -0.25) is 4.79 Å². The maximum absolute atomic E-state index is 10.3. The molecule has 0 aromatic carbocycles. The van der Waals surface area contributed by atoms with Crippen molar-refractivity contribution in [2.24, 2.45) is 11.8 Å². The van der Waals surface area contributed by atoms with Crippen LogP contribution >= 0.6 is 0 Å². The zero-order valence-electron chi connectivity index (χ0n) is 5.33. The third kappa shape index (κ3) is 1.21. The van der Waals surface area contributed by atoms with Gasteiger partial charge in [-0.1, -0.05) is 6.92 Å². The summed E-state index contributed by atoms with van der Waals surface area (Å²) in [5.41, 5.74) is 0. The van der Waals surface area contributed by atoms with Crippen LogP contribution in [0, 0.1) is 11.8 Å². The van der Waals surface area contributed by atoms with Crippen molar-refractivity contribution < 1.29 is 14.6 Å². The maximum Gasteiger partial charge on any atom is 0.309 e. The fourth-order valence-corrected chi connectivity index (χ4v) is 0.976. The number of rotatable bonds is 1. The van der Waals surface area contributed by atoms with Gasteiger partial charge in [0.05, 0.1) is 19.1 Å². The second-order valence-electron chi connectivity index (χ2n) is 2.46. The molecule has 1 fully saturated rings. The molecule has 0 spiro atoms. The average molecular weight is 130 g/mol. The quantitative estimate of drug-likeness (QED) is 0.557. The summed E-state index contributed by atoms with van der Waals surface area (Å²) < 4.78 is 4.95. The normalized spacial score (nSPS) is 34.8. The standard InChI is InChI=1S/C6H10O3/c1-4-2-9-3-5(4)6(7)8/h4-5H,2-3H2,1H3,(H,7,8)/t4-,5-/m1/s1. The smallest absolute Gasteiger partial charge is 0.309 e. The van der Waals surface area contributed by atoms with Crippen molar-refractivity contribution >= 4 is 5.97 Å². The predicted octanol–water partition coefficient (Wildman–Crippen LogP) is 0.354. The molecule has 0 aliphatic carbocycles. The van der Waals surface area contributed by atoms with Crippen LogP contribution in [0.2, 0.25) is 0 Å². The van der Waals surface area contributed by atoms with Gasteiger partial charge in [0.1, 0.15) is 0 Å². The highest BCUT2D eigenvalue weighted by Gasteiger charge is 2.30. The Morgan fingerprint density at radius 2 is 2.33 bits per heavy atom. The summed E-state index contributed by atoms with van der Waals surface area (Å²) in [5.74, 6) is -0.826. The lowest BCUT2D eigenvalue weighted by Gasteiger charge is -2.04. The highest BCUT2D eigenvalue weighted by molar-refractivity contribution is 5.70. The Balaban J connectivity index is 2.49. The molecular formula is C6H10O3. The zero-order chi connectivity index (χ0) is 6.85. The van der Waals surface area contributed by atoms with E-state index in [-0.39, 0.29) is 11.8 Å². The van der Waals surface area contributed by atoms with Gasteiger partial charge >= 0.3 is 5.97 Å². The summed E-state index contributed by atoms with van der Waals surface area (Å²) in [7, 11) is 0. The zero-order valence-corrected chi connectivity index (χ0v) is 5.33. The van der Waals surface area contributed by atoms with Crippen LogP contribution in [0.3, 0.4) is 0 Å². The highest BCUT2D eigenvalue weighted by atomic mass is 16.5. The van der Waals surface area contributed by atoms with Gasteiger partial charge < -0.3 is 9.84 Å². The van der Waals surface area contributed by atoms with Crippen molar-refractivity contribution in [3.63, 3.8) is 0 Å². The van der Waals surface area contributed by atoms with Crippen molar-refractivity contribution in [1.82, 2.24) is 0 Å². The molecule has 0 amide bonds. The molecule has 0 radical (unpaired) electrons. The van der Waals surface area contributed by atoms with Crippen LogP contribution in [0.25, 0.3) is 0 Å². The number of carbonyl (C=O) groups is 1. The number of ether oxygens (including phenoxy) is 1. The number of carboxylic acids is 1. The van der Waals surface area contributed by atoms with Gasteiger partial charge in [-0.25, -0.2) is 0 Å². The molecule has 1 aliphatic heterocycles. The topological polar surface area (TPSA) is 46.5 Å². The van der Waals surface area contributed by atoms with E-state index in [4.69, 9.17) is 9.84 Å². The third-order valence-electron chi connectivity index (χ3n) is 1.68. The van der Waals surface area contributed by atoms with E-state index < -0.39 is 5.97 Å². The van der Waals surface area contributed by atoms with Crippen molar-refractivity contribution in [3.05, 3.63) is 0 Å². The first-order valence-corrected chi connectivity index (χ1v) is 3.02. The molecule has 0 unspecified atom stereocenters. The van der Waals surface area contributed by atoms with Crippen LogP contribution in [0.5, 0.6) is 0 Å². The monoisotopic (exact) mass is 130 g/mol. The molecule has 2 atom stereocenters. The van der Waals surface area contributed by atoms with Crippen LogP contribution in [-0.2, 0) is 9.53 Å². The Hall–Kier alpha value is -0.570. The molecule has 1 aliphatic rings. The summed E-state index contributed by atoms with van der Waals surface area (Å²) in [6.07, 6.45) is 0. The minimum absolute atomic E-state index is 0.183. The fourth-order valence-electron chi connectivity index (χ4n) is 0.976. The van der Waals surface area contributed by atoms with Crippen LogP contribution in [0.4, 0.5) is 0 Å². The first-order valence-electron chi connectivity index (χ1n) is 3.02. The molecule has 1 saturated heterocycles. The second kappa shape index (κ2) is 2.35. The van der Waals surface area contributed by atoms with Crippen LogP contribution < -0.4 is 0 Å². The molecule has 0 bridgehead atoms. The van der Waals surface area contributed by atoms with Crippen LogP contribution in [-0.4, -0.2) is 24.3 Å². The van der Waals surface area contributed by atoms with E-state index in [9.17, 15) is 4.79 Å². The Morgan fingerprint density at radius 3 is 2.56 bits per heavy atom. The Bertz CT molecular complexity index is 121. The van der Waals surface area contributed by atoms with Gasteiger partial charge in [-0.15, -0.1) is 0 Å². The lowest BCUT2D eigenvalue weighted by atomic mass is 9.99. The summed E-state index contributed by atoms with van der Waals surface area (Å²) in [5, 5.41) is 8.50. The lowest BCUT2D eigenvalue weighted by Crippen LogP contribution is -2.19. The molecule has 0 saturated carbocycles. The van der Waals surface area contributed by atoms with Gasteiger partial charge in [-0.2, -0.15) is 0 Å². The molecule has 0 aromatic rings. The Labute approximate surface area is 53.6 Å². The predicted molar refractivity (Wildman–Crippen MR) is 31.1 cm³/mol. The molecule has 1 rings (SSSR count). The first-order chi connectivity index (χ1) is 4.22. The van der Waals surface area contributed by atoms with Crippen molar-refractivity contribution in [1.29, 1.82) is 0 Å². The number of hydrogen-bond acceptors (Lipinski definition) is 2. The molecule has 52 valence electrons. The highest BCUT2D eigenvalue weighted by Crippen LogP contribution is 2.19. The number of aliphatic carboxylic acids is 1. The fraction of sp³-hybridized carbons (Fsp3) is 0.833. The second-order valence-corrected chi connectivity index (χ2v) is 2.46. The van der Waals surface area contributed by atoms with Gasteiger partial charge in [0.15, 0.2) is 0 Å². The molecule has 1 N–H and O–H groups in total. The van der Waals surface area contributed by atoms with Crippen LogP contribution in [0.15, 0.2) is 0 Å². The summed E-state index contributed by atoms with van der Waals surface area (Å²) in [6.45, 7) is 2.87. The van der Waals surface area contributed by atoms with Gasteiger partial charge in [0.2, 0.25) is 0 Å². The number of hydrogen-bond donors (Lipinski definition) is 1. The minimum atomic E-state index is -0.736. The SMILES string of the molecule is C[C@@H]1COC[C@H]1C(=O)O. The molecule has 3 heteroatoms. The number of carboxylic acid groups (broad SMARTS) is 1. The van der Waals surface area contributed by atoms with Gasteiger partial charge in [-0.05, 0) is 5.92 Å². The van der Waals surface area contributed by atoms with E-state index in [1.54, 1.807) is 0 Å². The van der Waals surface area contributed by atoms with Crippen LogP contribution in [0.1, 0.15) is 6.92 Å². The summed E-state index contributed by atoms with van der Waals surface area (Å²) in [4.78, 5) is 10.3. The molecule has 3 nitrogen and oxygen atoms in total. The van der Waals surface area contributed by atoms with Crippen molar-refractivity contribution in [2.45, 2.75) is 6.92 Å². The maximum atomic E-state index is 10.3. The van der Waals surface area contributed by atoms with Crippen molar-refractivity contribution in [2.75, 3.05) is 13.2 Å². The first kappa shape index (κ1) is 6.55. The summed E-state index contributed by atoms with van der Waals surface area (Å²) in [6, 6.07) is 0. The lowest BCUT2D eigenvalue weighted by molar-refractivity contribution is -0.142. The Morgan fingerprint density at radius 1 is 1.67 bits per heavy atom. The third-order valence-corrected chi connectivity index (χ3v) is 1.68. The van der Waals surface area contributed by atoms with Crippen molar-refractivity contribution in [3.8, 4) is 0 Å². The minimum Gasteiger partial charge on any atom is -0.481 e. The Kier molecular flexibility index (Phi) is 1.71.